The first kappa shape index (κ1) is 17.7. The number of aromatic nitrogens is 2. The summed E-state index contributed by atoms with van der Waals surface area (Å²) in [5, 5.41) is 15.9. The van der Waals surface area contributed by atoms with Gasteiger partial charge in [-0.15, -0.1) is 0 Å². The van der Waals surface area contributed by atoms with Crippen molar-refractivity contribution in [2.45, 2.75) is 45.7 Å². The third kappa shape index (κ3) is 4.68. The molecular formula is C18H23N3O3. The number of hydrogen-bond donors (Lipinski definition) is 2. The molecule has 6 nitrogen and oxygen atoms in total. The van der Waals surface area contributed by atoms with E-state index in [1.54, 1.807) is 30.5 Å². The zero-order valence-corrected chi connectivity index (χ0v) is 14.2. The molecule has 6 heteroatoms. The summed E-state index contributed by atoms with van der Waals surface area (Å²) < 4.78 is 1.86. The molecule has 2 aromatic rings. The maximum Gasteiger partial charge on any atom is 0.303 e. The highest BCUT2D eigenvalue weighted by molar-refractivity contribution is 5.94. The van der Waals surface area contributed by atoms with Crippen LogP contribution in [0.1, 0.15) is 60.8 Å². The summed E-state index contributed by atoms with van der Waals surface area (Å²) in [5.74, 6) is -0.989. The van der Waals surface area contributed by atoms with Crippen LogP contribution in [0.15, 0.2) is 36.7 Å². The van der Waals surface area contributed by atoms with Crippen molar-refractivity contribution in [3.63, 3.8) is 0 Å². The smallest absolute Gasteiger partial charge is 0.303 e. The second-order valence-corrected chi connectivity index (χ2v) is 6.13. The maximum atomic E-state index is 12.3. The van der Waals surface area contributed by atoms with Gasteiger partial charge in [-0.3, -0.25) is 14.3 Å². The van der Waals surface area contributed by atoms with Gasteiger partial charge in [0.05, 0.1) is 12.2 Å². The molecule has 0 spiro atoms. The van der Waals surface area contributed by atoms with Gasteiger partial charge in [0.25, 0.3) is 5.91 Å². The van der Waals surface area contributed by atoms with E-state index >= 15 is 0 Å². The molecule has 0 saturated carbocycles. The molecule has 1 unspecified atom stereocenters. The quantitative estimate of drug-likeness (QED) is 0.818. The van der Waals surface area contributed by atoms with Crippen LogP contribution in [0.3, 0.4) is 0 Å². The van der Waals surface area contributed by atoms with Crippen LogP contribution in [-0.2, 0) is 11.2 Å². The van der Waals surface area contributed by atoms with E-state index in [2.05, 4.69) is 10.4 Å². The Kier molecular flexibility index (Phi) is 5.73. The van der Waals surface area contributed by atoms with Crippen LogP contribution in [0.2, 0.25) is 0 Å². The largest absolute Gasteiger partial charge is 0.481 e. The Labute approximate surface area is 141 Å². The third-order valence-electron chi connectivity index (χ3n) is 3.84. The van der Waals surface area contributed by atoms with Crippen LogP contribution >= 0.6 is 0 Å². The number of nitrogens with zero attached hydrogens (tertiary/aromatic N) is 2. The molecular weight excluding hydrogens is 306 g/mol. The van der Waals surface area contributed by atoms with Gasteiger partial charge in [0.2, 0.25) is 0 Å². The lowest BCUT2D eigenvalue weighted by molar-refractivity contribution is -0.136. The van der Waals surface area contributed by atoms with Crippen LogP contribution in [0.25, 0.3) is 0 Å². The molecule has 2 rings (SSSR count). The molecule has 24 heavy (non-hydrogen) atoms. The Hall–Kier alpha value is -2.63. The van der Waals surface area contributed by atoms with E-state index in [1.165, 1.54) is 0 Å². The van der Waals surface area contributed by atoms with Crippen molar-refractivity contribution in [3.05, 3.63) is 53.3 Å². The van der Waals surface area contributed by atoms with E-state index in [0.717, 1.165) is 11.1 Å². The number of aryl methyl sites for hydroxylation is 1. The number of benzene rings is 1. The van der Waals surface area contributed by atoms with Crippen LogP contribution in [0.5, 0.6) is 0 Å². The predicted octanol–water partition coefficient (Wildman–Crippen LogP) is 2.97. The van der Waals surface area contributed by atoms with E-state index < -0.39 is 5.97 Å². The highest BCUT2D eigenvalue weighted by atomic mass is 16.4. The summed E-state index contributed by atoms with van der Waals surface area (Å²) in [6.07, 6.45) is 4.25. The molecule has 1 atom stereocenters. The SMILES string of the molecule is CC(NC(=O)c1ccc(CCC(=O)O)cc1)c1cnn(C(C)C)c1. The highest BCUT2D eigenvalue weighted by Gasteiger charge is 2.14. The summed E-state index contributed by atoms with van der Waals surface area (Å²) in [4.78, 5) is 22.9. The summed E-state index contributed by atoms with van der Waals surface area (Å²) in [6.45, 7) is 6.01. The van der Waals surface area contributed by atoms with E-state index in [-0.39, 0.29) is 24.4 Å². The summed E-state index contributed by atoms with van der Waals surface area (Å²) in [6, 6.07) is 7.16. The van der Waals surface area contributed by atoms with Gasteiger partial charge in [-0.1, -0.05) is 12.1 Å². The number of rotatable bonds is 7. The van der Waals surface area contributed by atoms with Crippen molar-refractivity contribution in [2.24, 2.45) is 0 Å². The summed E-state index contributed by atoms with van der Waals surface area (Å²) in [5.41, 5.74) is 2.41. The molecule has 128 valence electrons. The molecule has 0 saturated heterocycles. The number of hydrogen-bond acceptors (Lipinski definition) is 3. The predicted molar refractivity (Wildman–Crippen MR) is 90.9 cm³/mol. The molecule has 0 bridgehead atoms. The van der Waals surface area contributed by atoms with Gasteiger partial charge in [-0.2, -0.15) is 5.10 Å². The van der Waals surface area contributed by atoms with Gasteiger partial charge >= 0.3 is 5.97 Å². The van der Waals surface area contributed by atoms with Crippen molar-refractivity contribution in [1.29, 1.82) is 0 Å². The first-order valence-corrected chi connectivity index (χ1v) is 8.02. The minimum Gasteiger partial charge on any atom is -0.481 e. The highest BCUT2D eigenvalue weighted by Crippen LogP contribution is 2.15. The fourth-order valence-electron chi connectivity index (χ4n) is 2.30. The van der Waals surface area contributed by atoms with Crippen molar-refractivity contribution in [2.75, 3.05) is 0 Å². The molecule has 0 fully saturated rings. The first-order valence-electron chi connectivity index (χ1n) is 8.02. The normalized spacial score (nSPS) is 12.2. The maximum absolute atomic E-state index is 12.3. The zero-order chi connectivity index (χ0) is 17.7. The van der Waals surface area contributed by atoms with Gasteiger partial charge < -0.3 is 10.4 Å². The Bertz CT molecular complexity index is 705. The fourth-order valence-corrected chi connectivity index (χ4v) is 2.30. The number of amides is 1. The average Bonchev–Trinajstić information content (AvgIpc) is 3.03. The number of carboxylic acids is 1. The minimum atomic E-state index is -0.826. The number of nitrogens with one attached hydrogen (secondary N) is 1. The molecule has 0 aliphatic rings. The first-order chi connectivity index (χ1) is 11.4. The van der Waals surface area contributed by atoms with Gasteiger partial charge in [-0.25, -0.2) is 0 Å². The van der Waals surface area contributed by atoms with Crippen molar-refractivity contribution >= 4 is 11.9 Å². The summed E-state index contributed by atoms with van der Waals surface area (Å²) in [7, 11) is 0. The van der Waals surface area contributed by atoms with Crippen LogP contribution in [-0.4, -0.2) is 26.8 Å². The Balaban J connectivity index is 1.96. The lowest BCUT2D eigenvalue weighted by atomic mass is 10.1. The molecule has 0 aliphatic heterocycles. The van der Waals surface area contributed by atoms with Crippen molar-refractivity contribution < 1.29 is 14.7 Å². The molecule has 1 aromatic carbocycles. The van der Waals surface area contributed by atoms with E-state index in [1.807, 2.05) is 31.6 Å². The second-order valence-electron chi connectivity index (χ2n) is 6.13. The number of carbonyl (C=O) groups is 2. The van der Waals surface area contributed by atoms with Crippen LogP contribution in [0.4, 0.5) is 0 Å². The molecule has 2 N–H and O–H groups in total. The zero-order valence-electron chi connectivity index (χ0n) is 14.2. The third-order valence-corrected chi connectivity index (χ3v) is 3.84. The minimum absolute atomic E-state index is 0.0857. The number of carbonyl (C=O) groups excluding carboxylic acids is 1. The molecule has 1 aromatic heterocycles. The Morgan fingerprint density at radius 3 is 2.42 bits per heavy atom. The Morgan fingerprint density at radius 2 is 1.88 bits per heavy atom. The van der Waals surface area contributed by atoms with Gasteiger partial charge in [0.1, 0.15) is 0 Å². The topological polar surface area (TPSA) is 84.2 Å². The second kappa shape index (κ2) is 7.77. The van der Waals surface area contributed by atoms with E-state index in [9.17, 15) is 9.59 Å². The van der Waals surface area contributed by atoms with Gasteiger partial charge in [-0.05, 0) is 44.9 Å². The fraction of sp³-hybridized carbons (Fsp3) is 0.389. The number of aliphatic carboxylic acids is 1. The number of carboxylic acid groups (broad SMARTS) is 1. The standard InChI is InChI=1S/C18H23N3O3/c1-12(2)21-11-16(10-19-21)13(3)20-18(24)15-7-4-14(5-8-15)6-9-17(22)23/h4-5,7-8,10-13H,6,9H2,1-3H3,(H,20,24)(H,22,23). The Morgan fingerprint density at radius 1 is 1.21 bits per heavy atom. The van der Waals surface area contributed by atoms with E-state index in [0.29, 0.717) is 12.0 Å². The molecule has 0 radical (unpaired) electrons. The van der Waals surface area contributed by atoms with Crippen molar-refractivity contribution in [1.82, 2.24) is 15.1 Å². The van der Waals surface area contributed by atoms with Crippen molar-refractivity contribution in [3.8, 4) is 0 Å². The van der Waals surface area contributed by atoms with Crippen LogP contribution in [0, 0.1) is 0 Å². The lowest BCUT2D eigenvalue weighted by Gasteiger charge is -2.12. The molecule has 0 aliphatic carbocycles. The molecule has 1 amide bonds. The summed E-state index contributed by atoms with van der Waals surface area (Å²) >= 11 is 0. The monoisotopic (exact) mass is 329 g/mol. The van der Waals surface area contributed by atoms with Gasteiger partial charge in [0, 0.05) is 29.8 Å². The average molecular weight is 329 g/mol. The van der Waals surface area contributed by atoms with Gasteiger partial charge in [0.15, 0.2) is 0 Å². The molecule has 1 heterocycles. The van der Waals surface area contributed by atoms with E-state index in [4.69, 9.17) is 5.11 Å². The lowest BCUT2D eigenvalue weighted by Crippen LogP contribution is -2.26. The van der Waals surface area contributed by atoms with Crippen LogP contribution < -0.4 is 5.32 Å².